The maximum Gasteiger partial charge on any atom is 0.308 e. The second-order valence-corrected chi connectivity index (χ2v) is 7.44. The molecule has 0 bridgehead atoms. The van der Waals surface area contributed by atoms with Crippen LogP contribution < -0.4 is 5.32 Å². The van der Waals surface area contributed by atoms with Gasteiger partial charge in [0, 0.05) is 26.2 Å². The zero-order valence-corrected chi connectivity index (χ0v) is 14.6. The average molecular weight is 321 g/mol. The van der Waals surface area contributed by atoms with E-state index in [-0.39, 0.29) is 11.9 Å². The van der Waals surface area contributed by atoms with E-state index in [9.17, 15) is 4.79 Å². The van der Waals surface area contributed by atoms with Crippen molar-refractivity contribution < 1.29 is 9.53 Å². The first-order valence-corrected chi connectivity index (χ1v) is 9.29. The molecule has 0 atom stereocenters. The van der Waals surface area contributed by atoms with Gasteiger partial charge in [0.2, 0.25) is 0 Å². The third kappa shape index (κ3) is 3.64. The third-order valence-electron chi connectivity index (χ3n) is 6.00. The number of piperidine rings is 1. The van der Waals surface area contributed by atoms with E-state index in [4.69, 9.17) is 9.73 Å². The summed E-state index contributed by atoms with van der Waals surface area (Å²) in [6, 6.07) is 0. The molecule has 1 saturated heterocycles. The Bertz CT molecular complexity index is 447. The smallest absolute Gasteiger partial charge is 0.308 e. The number of hydrogen-bond acceptors (Lipinski definition) is 3. The van der Waals surface area contributed by atoms with Crippen LogP contribution in [-0.4, -0.2) is 50.1 Å². The van der Waals surface area contributed by atoms with Crippen molar-refractivity contribution in [1.82, 2.24) is 10.2 Å². The number of ether oxygens (including phenoxy) is 1. The molecule has 0 aromatic heterocycles. The molecule has 0 aromatic rings. The lowest BCUT2D eigenvalue weighted by Gasteiger charge is -2.42. The highest BCUT2D eigenvalue weighted by Crippen LogP contribution is 2.57. The van der Waals surface area contributed by atoms with E-state index in [1.54, 1.807) is 0 Å². The number of esters is 1. The van der Waals surface area contributed by atoms with Crippen molar-refractivity contribution in [2.45, 2.75) is 51.9 Å². The Balaban J connectivity index is 1.58. The van der Waals surface area contributed by atoms with E-state index in [1.165, 1.54) is 39.2 Å². The van der Waals surface area contributed by atoms with Crippen molar-refractivity contribution in [3.63, 3.8) is 0 Å². The van der Waals surface area contributed by atoms with Gasteiger partial charge in [0.05, 0.1) is 13.0 Å². The molecule has 5 heteroatoms. The zero-order valence-electron chi connectivity index (χ0n) is 14.6. The highest BCUT2D eigenvalue weighted by Gasteiger charge is 2.48. The van der Waals surface area contributed by atoms with Gasteiger partial charge in [0.25, 0.3) is 0 Å². The Kier molecular flexibility index (Phi) is 5.12. The number of likely N-dealkylation sites (tertiary alicyclic amines) is 1. The number of methoxy groups -OCH3 is 1. The fraction of sp³-hybridized carbons (Fsp3) is 0.889. The normalized spacial score (nSPS) is 25.0. The summed E-state index contributed by atoms with van der Waals surface area (Å²) < 4.78 is 4.88. The highest BCUT2D eigenvalue weighted by atomic mass is 16.5. The predicted molar refractivity (Wildman–Crippen MR) is 91.3 cm³/mol. The molecule has 2 saturated carbocycles. The van der Waals surface area contributed by atoms with Crippen LogP contribution in [-0.2, 0) is 9.53 Å². The molecule has 5 nitrogen and oxygen atoms in total. The number of hydrogen-bond donors (Lipinski definition) is 1. The van der Waals surface area contributed by atoms with Crippen LogP contribution in [0.4, 0.5) is 0 Å². The standard InChI is InChI=1S/C18H31N3O2/c1-3-19-17(20-13-18(9-4-10-18)15-5-6-15)21-11-7-14(8-12-21)16(22)23-2/h14-15H,3-13H2,1-2H3,(H,19,20). The molecule has 3 aliphatic rings. The number of carbonyl (C=O) groups excluding carboxylic acids is 1. The van der Waals surface area contributed by atoms with Crippen LogP contribution in [0.1, 0.15) is 51.9 Å². The molecule has 1 aliphatic heterocycles. The maximum absolute atomic E-state index is 11.7. The van der Waals surface area contributed by atoms with Crippen molar-refractivity contribution in [3.05, 3.63) is 0 Å². The summed E-state index contributed by atoms with van der Waals surface area (Å²) in [5.41, 5.74) is 0.519. The fourth-order valence-electron chi connectivity index (χ4n) is 4.17. The number of guanidine groups is 1. The summed E-state index contributed by atoms with van der Waals surface area (Å²) in [5, 5.41) is 3.45. The quantitative estimate of drug-likeness (QED) is 0.480. The summed E-state index contributed by atoms with van der Waals surface area (Å²) >= 11 is 0. The summed E-state index contributed by atoms with van der Waals surface area (Å²) in [5.74, 6) is 1.98. The Hall–Kier alpha value is -1.26. The molecule has 130 valence electrons. The summed E-state index contributed by atoms with van der Waals surface area (Å²) in [6.45, 7) is 5.78. The molecular formula is C18H31N3O2. The lowest BCUT2D eigenvalue weighted by molar-refractivity contribution is -0.146. The van der Waals surface area contributed by atoms with E-state index in [0.29, 0.717) is 5.41 Å². The lowest BCUT2D eigenvalue weighted by atomic mass is 9.65. The van der Waals surface area contributed by atoms with Gasteiger partial charge in [-0.05, 0) is 56.8 Å². The van der Waals surface area contributed by atoms with Gasteiger partial charge >= 0.3 is 5.97 Å². The highest BCUT2D eigenvalue weighted by molar-refractivity contribution is 5.80. The first-order chi connectivity index (χ1) is 11.2. The first-order valence-electron chi connectivity index (χ1n) is 9.29. The zero-order chi connectivity index (χ0) is 16.3. The third-order valence-corrected chi connectivity index (χ3v) is 6.00. The average Bonchev–Trinajstić information content (AvgIpc) is 3.37. The van der Waals surface area contributed by atoms with Gasteiger partial charge in [-0.15, -0.1) is 0 Å². The van der Waals surface area contributed by atoms with Gasteiger partial charge in [-0.3, -0.25) is 9.79 Å². The fourth-order valence-corrected chi connectivity index (χ4v) is 4.17. The minimum atomic E-state index is -0.0613. The molecule has 1 heterocycles. The first kappa shape index (κ1) is 16.6. The van der Waals surface area contributed by atoms with Crippen molar-refractivity contribution in [2.75, 3.05) is 33.3 Å². The summed E-state index contributed by atoms with van der Waals surface area (Å²) in [7, 11) is 1.48. The summed E-state index contributed by atoms with van der Waals surface area (Å²) in [4.78, 5) is 19.0. The molecule has 0 aromatic carbocycles. The molecule has 1 N–H and O–H groups in total. The second kappa shape index (κ2) is 7.10. The van der Waals surface area contributed by atoms with Crippen molar-refractivity contribution in [3.8, 4) is 0 Å². The molecule has 0 unspecified atom stereocenters. The SMILES string of the molecule is CCNC(=NCC1(C2CC2)CCC1)N1CCC(C(=O)OC)CC1. The van der Waals surface area contributed by atoms with E-state index in [1.807, 2.05) is 0 Å². The van der Waals surface area contributed by atoms with Gasteiger partial charge in [0.15, 0.2) is 5.96 Å². The van der Waals surface area contributed by atoms with Crippen LogP contribution >= 0.6 is 0 Å². The van der Waals surface area contributed by atoms with Crippen molar-refractivity contribution in [1.29, 1.82) is 0 Å². The second-order valence-electron chi connectivity index (χ2n) is 7.44. The van der Waals surface area contributed by atoms with E-state index in [2.05, 4.69) is 17.1 Å². The molecule has 0 amide bonds. The molecule has 23 heavy (non-hydrogen) atoms. The monoisotopic (exact) mass is 321 g/mol. The predicted octanol–water partition coefficient (Wildman–Crippen LogP) is 2.42. The molecule has 3 fully saturated rings. The Morgan fingerprint density at radius 2 is 1.96 bits per heavy atom. The van der Waals surface area contributed by atoms with Gasteiger partial charge in [-0.1, -0.05) is 6.42 Å². The molecule has 0 radical (unpaired) electrons. The van der Waals surface area contributed by atoms with E-state index < -0.39 is 0 Å². The number of nitrogens with zero attached hydrogens (tertiary/aromatic N) is 2. The maximum atomic E-state index is 11.7. The molecule has 3 rings (SSSR count). The largest absolute Gasteiger partial charge is 0.469 e. The van der Waals surface area contributed by atoms with Crippen molar-refractivity contribution in [2.24, 2.45) is 22.2 Å². The number of rotatable bonds is 5. The van der Waals surface area contributed by atoms with Crippen LogP contribution in [0.2, 0.25) is 0 Å². The topological polar surface area (TPSA) is 53.9 Å². The number of carbonyl (C=O) groups is 1. The molecule has 2 aliphatic carbocycles. The van der Waals surface area contributed by atoms with Crippen LogP contribution in [0.5, 0.6) is 0 Å². The van der Waals surface area contributed by atoms with E-state index in [0.717, 1.165) is 50.9 Å². The Morgan fingerprint density at radius 3 is 2.43 bits per heavy atom. The van der Waals surface area contributed by atoms with Crippen molar-refractivity contribution >= 4 is 11.9 Å². The molecular weight excluding hydrogens is 290 g/mol. The van der Waals surface area contributed by atoms with Crippen LogP contribution in [0.15, 0.2) is 4.99 Å². The Morgan fingerprint density at radius 1 is 1.26 bits per heavy atom. The minimum absolute atomic E-state index is 0.0589. The van der Waals surface area contributed by atoms with Crippen LogP contribution in [0, 0.1) is 17.3 Å². The number of aliphatic imine (C=N–C) groups is 1. The van der Waals surface area contributed by atoms with Gasteiger partial charge < -0.3 is 15.0 Å². The lowest BCUT2D eigenvalue weighted by Crippen LogP contribution is -2.47. The van der Waals surface area contributed by atoms with Gasteiger partial charge in [-0.25, -0.2) is 0 Å². The van der Waals surface area contributed by atoms with E-state index >= 15 is 0 Å². The number of nitrogens with one attached hydrogen (secondary N) is 1. The van der Waals surface area contributed by atoms with Crippen LogP contribution in [0.25, 0.3) is 0 Å². The molecule has 0 spiro atoms. The van der Waals surface area contributed by atoms with Gasteiger partial charge in [0.1, 0.15) is 0 Å². The minimum Gasteiger partial charge on any atom is -0.469 e. The Labute approximate surface area is 139 Å². The van der Waals surface area contributed by atoms with Gasteiger partial charge in [-0.2, -0.15) is 0 Å². The van der Waals surface area contributed by atoms with Crippen LogP contribution in [0.3, 0.4) is 0 Å². The summed E-state index contributed by atoms with van der Waals surface area (Å²) in [6.07, 6.45) is 8.67.